The minimum atomic E-state index is 0. The lowest BCUT2D eigenvalue weighted by Crippen LogP contribution is -2.42. The normalized spacial score (nSPS) is 16.5. The number of rotatable bonds is 7. The van der Waals surface area contributed by atoms with E-state index in [0.717, 1.165) is 11.3 Å². The molecule has 0 aliphatic heterocycles. The Bertz CT molecular complexity index is 463. The van der Waals surface area contributed by atoms with Crippen LogP contribution in [0.4, 0.5) is 0 Å². The number of amides is 1. The smallest absolute Gasteiger partial charge is 0.220 e. The van der Waals surface area contributed by atoms with Gasteiger partial charge in [-0.3, -0.25) is 4.79 Å². The summed E-state index contributed by atoms with van der Waals surface area (Å²) < 4.78 is 5.35. The van der Waals surface area contributed by atoms with Crippen molar-refractivity contribution in [2.75, 3.05) is 13.7 Å². The molecule has 118 valence electrons. The van der Waals surface area contributed by atoms with Gasteiger partial charge in [-0.2, -0.15) is 0 Å². The minimum absolute atomic E-state index is 0. The highest BCUT2D eigenvalue weighted by atomic mass is 35.5. The maximum Gasteiger partial charge on any atom is 0.220 e. The third-order valence-corrected chi connectivity index (χ3v) is 3.95. The molecule has 1 aromatic carbocycles. The number of carbonyl (C=O) groups excluding carboxylic acids is 1. The van der Waals surface area contributed by atoms with Gasteiger partial charge in [0.05, 0.1) is 7.11 Å². The molecule has 2 rings (SSSR count). The molecule has 1 fully saturated rings. The van der Waals surface area contributed by atoms with Gasteiger partial charge in [-0.05, 0) is 36.3 Å². The van der Waals surface area contributed by atoms with Gasteiger partial charge < -0.3 is 15.8 Å². The van der Waals surface area contributed by atoms with Crippen molar-refractivity contribution in [2.24, 2.45) is 11.7 Å². The Morgan fingerprint density at radius 2 is 2.10 bits per heavy atom. The van der Waals surface area contributed by atoms with E-state index < -0.39 is 0 Å². The van der Waals surface area contributed by atoms with Crippen molar-refractivity contribution in [2.45, 2.75) is 38.1 Å². The molecule has 2 unspecified atom stereocenters. The van der Waals surface area contributed by atoms with Crippen molar-refractivity contribution in [3.8, 4) is 5.75 Å². The highest BCUT2D eigenvalue weighted by Gasteiger charge is 2.31. The molecule has 3 N–H and O–H groups in total. The Kier molecular flexibility index (Phi) is 6.99. The predicted octanol–water partition coefficient (Wildman–Crippen LogP) is 2.46. The number of ether oxygens (including phenoxy) is 1. The van der Waals surface area contributed by atoms with Crippen LogP contribution in [0.2, 0.25) is 0 Å². The van der Waals surface area contributed by atoms with Crippen molar-refractivity contribution in [1.29, 1.82) is 0 Å². The fourth-order valence-electron chi connectivity index (χ4n) is 2.60. The molecular weight excluding hydrogens is 288 g/mol. The minimum Gasteiger partial charge on any atom is -0.496 e. The standard InChI is InChI=1S/C16H24N2O2.ClH/c1-11(13-5-3-4-6-15(13)20-2)9-16(19)18-14(10-17)12-7-8-12;/h3-6,11-12,14H,7-10,17H2,1-2H3,(H,18,19);1H. The molecule has 0 bridgehead atoms. The average Bonchev–Trinajstić information content (AvgIpc) is 3.29. The van der Waals surface area contributed by atoms with E-state index in [4.69, 9.17) is 10.5 Å². The molecule has 2 atom stereocenters. The maximum atomic E-state index is 12.1. The summed E-state index contributed by atoms with van der Waals surface area (Å²) >= 11 is 0. The molecule has 4 nitrogen and oxygen atoms in total. The van der Waals surface area contributed by atoms with Crippen LogP contribution in [0.5, 0.6) is 5.75 Å². The number of para-hydroxylation sites is 1. The molecule has 21 heavy (non-hydrogen) atoms. The summed E-state index contributed by atoms with van der Waals surface area (Å²) in [5, 5.41) is 3.06. The Balaban J connectivity index is 0.00000220. The number of nitrogens with two attached hydrogens (primary N) is 1. The van der Waals surface area contributed by atoms with Gasteiger partial charge in [0.2, 0.25) is 5.91 Å². The predicted molar refractivity (Wildman–Crippen MR) is 87.0 cm³/mol. The molecule has 0 spiro atoms. The summed E-state index contributed by atoms with van der Waals surface area (Å²) in [5.41, 5.74) is 6.79. The quantitative estimate of drug-likeness (QED) is 0.813. The molecule has 1 aliphatic carbocycles. The van der Waals surface area contributed by atoms with E-state index in [1.807, 2.05) is 31.2 Å². The van der Waals surface area contributed by atoms with Crippen LogP contribution in [0.3, 0.4) is 0 Å². The lowest BCUT2D eigenvalue weighted by molar-refractivity contribution is -0.122. The van der Waals surface area contributed by atoms with Gasteiger partial charge in [0.1, 0.15) is 5.75 Å². The average molecular weight is 313 g/mol. The zero-order valence-corrected chi connectivity index (χ0v) is 13.5. The molecule has 1 amide bonds. The van der Waals surface area contributed by atoms with Crippen LogP contribution < -0.4 is 15.8 Å². The first-order chi connectivity index (χ1) is 9.65. The zero-order valence-electron chi connectivity index (χ0n) is 12.7. The van der Waals surface area contributed by atoms with Crippen molar-refractivity contribution < 1.29 is 9.53 Å². The van der Waals surface area contributed by atoms with Gasteiger partial charge in [-0.1, -0.05) is 25.1 Å². The highest BCUT2D eigenvalue weighted by molar-refractivity contribution is 5.85. The lowest BCUT2D eigenvalue weighted by atomic mass is 9.96. The Hall–Kier alpha value is -1.26. The Labute approximate surface area is 132 Å². The van der Waals surface area contributed by atoms with Crippen LogP contribution >= 0.6 is 12.4 Å². The zero-order chi connectivity index (χ0) is 14.5. The van der Waals surface area contributed by atoms with E-state index in [1.165, 1.54) is 12.8 Å². The van der Waals surface area contributed by atoms with Crippen LogP contribution in [-0.2, 0) is 4.79 Å². The molecule has 1 saturated carbocycles. The number of benzene rings is 1. The van der Waals surface area contributed by atoms with Crippen LogP contribution in [0.1, 0.15) is 37.7 Å². The van der Waals surface area contributed by atoms with E-state index in [2.05, 4.69) is 5.32 Å². The second-order valence-corrected chi connectivity index (χ2v) is 5.59. The van der Waals surface area contributed by atoms with Gasteiger partial charge in [-0.25, -0.2) is 0 Å². The second-order valence-electron chi connectivity index (χ2n) is 5.59. The third kappa shape index (κ3) is 4.90. The summed E-state index contributed by atoms with van der Waals surface area (Å²) in [6.07, 6.45) is 2.83. The fraction of sp³-hybridized carbons (Fsp3) is 0.562. The number of carbonyl (C=O) groups is 1. The van der Waals surface area contributed by atoms with E-state index in [0.29, 0.717) is 18.9 Å². The summed E-state index contributed by atoms with van der Waals surface area (Å²) in [5.74, 6) is 1.63. The summed E-state index contributed by atoms with van der Waals surface area (Å²) in [6, 6.07) is 7.99. The van der Waals surface area contributed by atoms with Crippen molar-refractivity contribution in [3.05, 3.63) is 29.8 Å². The molecule has 0 radical (unpaired) electrons. The first-order valence-electron chi connectivity index (χ1n) is 7.28. The van der Waals surface area contributed by atoms with Crippen molar-refractivity contribution >= 4 is 18.3 Å². The molecule has 1 aliphatic rings. The molecule has 0 saturated heterocycles. The fourth-order valence-corrected chi connectivity index (χ4v) is 2.60. The van der Waals surface area contributed by atoms with Gasteiger partial charge in [0.15, 0.2) is 0 Å². The van der Waals surface area contributed by atoms with E-state index >= 15 is 0 Å². The second kappa shape index (κ2) is 8.25. The number of nitrogens with one attached hydrogen (secondary N) is 1. The first-order valence-corrected chi connectivity index (χ1v) is 7.28. The topological polar surface area (TPSA) is 64.3 Å². The van der Waals surface area contributed by atoms with Gasteiger partial charge in [0, 0.05) is 19.0 Å². The first kappa shape index (κ1) is 17.8. The number of hydrogen-bond donors (Lipinski definition) is 2. The van der Waals surface area contributed by atoms with Crippen LogP contribution in [0, 0.1) is 5.92 Å². The summed E-state index contributed by atoms with van der Waals surface area (Å²) in [6.45, 7) is 2.57. The Morgan fingerprint density at radius 3 is 2.67 bits per heavy atom. The van der Waals surface area contributed by atoms with Crippen molar-refractivity contribution in [3.63, 3.8) is 0 Å². The summed E-state index contributed by atoms with van der Waals surface area (Å²) in [4.78, 5) is 12.1. The van der Waals surface area contributed by atoms with Crippen LogP contribution in [0.15, 0.2) is 24.3 Å². The van der Waals surface area contributed by atoms with Gasteiger partial charge >= 0.3 is 0 Å². The molecule has 0 heterocycles. The van der Waals surface area contributed by atoms with E-state index in [1.54, 1.807) is 7.11 Å². The molecule has 1 aromatic rings. The van der Waals surface area contributed by atoms with E-state index in [9.17, 15) is 4.79 Å². The van der Waals surface area contributed by atoms with E-state index in [-0.39, 0.29) is 30.3 Å². The van der Waals surface area contributed by atoms with Gasteiger partial charge in [0.25, 0.3) is 0 Å². The molecule has 5 heteroatoms. The lowest BCUT2D eigenvalue weighted by Gasteiger charge is -2.19. The SMILES string of the molecule is COc1ccccc1C(C)CC(=O)NC(CN)C1CC1.Cl. The third-order valence-electron chi connectivity index (χ3n) is 3.95. The largest absolute Gasteiger partial charge is 0.496 e. The Morgan fingerprint density at radius 1 is 1.43 bits per heavy atom. The highest BCUT2D eigenvalue weighted by Crippen LogP contribution is 2.33. The number of hydrogen-bond acceptors (Lipinski definition) is 3. The van der Waals surface area contributed by atoms with Crippen molar-refractivity contribution in [1.82, 2.24) is 5.32 Å². The number of methoxy groups -OCH3 is 1. The number of halogens is 1. The molecule has 0 aromatic heterocycles. The van der Waals surface area contributed by atoms with Crippen LogP contribution in [0.25, 0.3) is 0 Å². The summed E-state index contributed by atoms with van der Waals surface area (Å²) in [7, 11) is 1.66. The molecular formula is C16H25ClN2O2. The van der Waals surface area contributed by atoms with Crippen LogP contribution in [-0.4, -0.2) is 25.6 Å². The van der Waals surface area contributed by atoms with Gasteiger partial charge in [-0.15, -0.1) is 12.4 Å². The maximum absolute atomic E-state index is 12.1. The monoisotopic (exact) mass is 312 g/mol.